The zero-order valence-electron chi connectivity index (χ0n) is 24.4. The van der Waals surface area contributed by atoms with E-state index in [1.165, 1.54) is 44.1 Å². The lowest BCUT2D eigenvalue weighted by Gasteiger charge is -2.57. The molecule has 5 nitrogen and oxygen atoms in total. The van der Waals surface area contributed by atoms with Crippen molar-refractivity contribution in [2.75, 3.05) is 0 Å². The van der Waals surface area contributed by atoms with Gasteiger partial charge in [0.1, 0.15) is 0 Å². The lowest BCUT2D eigenvalue weighted by molar-refractivity contribution is -0.00518. The van der Waals surface area contributed by atoms with Gasteiger partial charge in [-0.25, -0.2) is 15.0 Å². The number of fused-ring (bicyclic) bond motifs is 2. The molecule has 4 saturated carbocycles. The Bertz CT molecular complexity index is 2090. The molecule has 4 aliphatic carbocycles. The molecule has 2 heterocycles. The van der Waals surface area contributed by atoms with E-state index in [1.807, 2.05) is 54.9 Å². The number of pyridine rings is 1. The molecule has 0 N–H and O–H groups in total. The molecule has 0 saturated heterocycles. The summed E-state index contributed by atoms with van der Waals surface area (Å²) in [6.45, 7) is 0. The van der Waals surface area contributed by atoms with Gasteiger partial charge in [-0.05, 0) is 102 Å². The van der Waals surface area contributed by atoms with E-state index < -0.39 is 0 Å². The molecule has 44 heavy (non-hydrogen) atoms. The molecule has 10 rings (SSSR count). The molecule has 0 spiro atoms. The molecule has 4 aliphatic rings. The summed E-state index contributed by atoms with van der Waals surface area (Å²) in [4.78, 5) is 19.4. The molecule has 4 bridgehead atoms. The van der Waals surface area contributed by atoms with Gasteiger partial charge in [-0.15, -0.1) is 0 Å². The quantitative estimate of drug-likeness (QED) is 0.212. The maximum atomic E-state index is 9.76. The van der Waals surface area contributed by atoms with Gasteiger partial charge in [0.25, 0.3) is 0 Å². The van der Waals surface area contributed by atoms with Crippen LogP contribution in [-0.4, -0.2) is 19.9 Å². The van der Waals surface area contributed by atoms with Crippen molar-refractivity contribution in [1.29, 1.82) is 5.26 Å². The Hall–Kier alpha value is -4.95. The Kier molecular flexibility index (Phi) is 5.68. The Labute approximate surface area is 256 Å². The SMILES string of the molecule is N#Cc1ccc(-c2nc(-c3ccc(C45C[C@H]6C[C@@H](C4)C[C@@H](C5)C6)cc3)nc(-c3ccc4cnccc4c3)n2)c2ccccc12. The number of nitrogens with zero attached hydrogens (tertiary/aromatic N) is 5. The van der Waals surface area contributed by atoms with Crippen LogP contribution in [0.5, 0.6) is 0 Å². The monoisotopic (exact) mass is 569 g/mol. The summed E-state index contributed by atoms with van der Waals surface area (Å²) in [7, 11) is 0. The van der Waals surface area contributed by atoms with Crippen molar-refractivity contribution in [3.63, 3.8) is 0 Å². The van der Waals surface area contributed by atoms with Crippen molar-refractivity contribution in [2.45, 2.75) is 43.9 Å². The van der Waals surface area contributed by atoms with E-state index in [0.29, 0.717) is 28.5 Å². The van der Waals surface area contributed by atoms with Crippen molar-refractivity contribution in [3.8, 4) is 40.2 Å². The molecule has 2 aromatic heterocycles. The third kappa shape index (κ3) is 4.12. The predicted molar refractivity (Wildman–Crippen MR) is 174 cm³/mol. The first kappa shape index (κ1) is 25.5. The maximum Gasteiger partial charge on any atom is 0.164 e. The highest BCUT2D eigenvalue weighted by Crippen LogP contribution is 2.60. The molecular weight excluding hydrogens is 538 g/mol. The third-order valence-corrected chi connectivity index (χ3v) is 10.6. The van der Waals surface area contributed by atoms with Gasteiger partial charge in [-0.1, -0.05) is 60.7 Å². The van der Waals surface area contributed by atoms with Gasteiger partial charge in [-0.3, -0.25) is 4.98 Å². The Balaban J connectivity index is 1.18. The van der Waals surface area contributed by atoms with Crippen molar-refractivity contribution in [3.05, 3.63) is 108 Å². The molecule has 5 heteroatoms. The second-order valence-corrected chi connectivity index (χ2v) is 13.3. The number of rotatable bonds is 4. The van der Waals surface area contributed by atoms with Crippen molar-refractivity contribution in [2.24, 2.45) is 17.8 Å². The van der Waals surface area contributed by atoms with Gasteiger partial charge in [-0.2, -0.15) is 5.26 Å². The van der Waals surface area contributed by atoms with E-state index in [1.54, 1.807) is 0 Å². The van der Waals surface area contributed by atoms with E-state index in [9.17, 15) is 5.26 Å². The summed E-state index contributed by atoms with van der Waals surface area (Å²) in [5, 5.41) is 13.8. The molecule has 4 aromatic carbocycles. The first-order valence-corrected chi connectivity index (χ1v) is 15.8. The van der Waals surface area contributed by atoms with Crippen LogP contribution in [0, 0.1) is 29.1 Å². The average Bonchev–Trinajstić information content (AvgIpc) is 3.07. The second-order valence-electron chi connectivity index (χ2n) is 13.3. The summed E-state index contributed by atoms with van der Waals surface area (Å²) >= 11 is 0. The highest BCUT2D eigenvalue weighted by molar-refractivity contribution is 5.98. The highest BCUT2D eigenvalue weighted by atomic mass is 15.0. The molecule has 0 radical (unpaired) electrons. The predicted octanol–water partition coefficient (Wildman–Crippen LogP) is 8.91. The number of nitriles is 1. The molecule has 6 aromatic rings. The van der Waals surface area contributed by atoms with Crippen LogP contribution in [-0.2, 0) is 5.41 Å². The van der Waals surface area contributed by atoms with E-state index in [0.717, 1.165) is 56.0 Å². The van der Waals surface area contributed by atoms with Crippen LogP contribution >= 0.6 is 0 Å². The molecule has 0 unspecified atom stereocenters. The fourth-order valence-electron chi connectivity index (χ4n) is 9.01. The topological polar surface area (TPSA) is 75.3 Å². The Morgan fingerprint density at radius 2 is 1.30 bits per heavy atom. The van der Waals surface area contributed by atoms with Crippen molar-refractivity contribution in [1.82, 2.24) is 19.9 Å². The Morgan fingerprint density at radius 3 is 2.02 bits per heavy atom. The summed E-state index contributed by atoms with van der Waals surface area (Å²) in [6, 6.07) is 31.6. The van der Waals surface area contributed by atoms with E-state index in [-0.39, 0.29) is 0 Å². The van der Waals surface area contributed by atoms with Crippen LogP contribution in [0.3, 0.4) is 0 Å². The summed E-state index contributed by atoms with van der Waals surface area (Å²) < 4.78 is 0. The Morgan fingerprint density at radius 1 is 0.636 bits per heavy atom. The molecule has 0 amide bonds. The fourth-order valence-corrected chi connectivity index (χ4v) is 9.01. The van der Waals surface area contributed by atoms with Crippen molar-refractivity contribution < 1.29 is 0 Å². The summed E-state index contributed by atoms with van der Waals surface area (Å²) in [6.07, 6.45) is 12.1. The summed E-state index contributed by atoms with van der Waals surface area (Å²) in [5.74, 6) is 4.62. The van der Waals surface area contributed by atoms with Crippen LogP contribution in [0.15, 0.2) is 97.3 Å². The van der Waals surface area contributed by atoms with Gasteiger partial charge in [0.2, 0.25) is 0 Å². The number of benzene rings is 4. The van der Waals surface area contributed by atoms with Gasteiger partial charge < -0.3 is 0 Å². The maximum absolute atomic E-state index is 9.76. The second kappa shape index (κ2) is 9.79. The summed E-state index contributed by atoms with van der Waals surface area (Å²) in [5.41, 5.74) is 5.30. The molecule has 4 fully saturated rings. The molecule has 0 atom stereocenters. The minimum atomic E-state index is 0.351. The van der Waals surface area contributed by atoms with E-state index >= 15 is 0 Å². The zero-order chi connectivity index (χ0) is 29.3. The molecule has 212 valence electrons. The lowest BCUT2D eigenvalue weighted by Crippen LogP contribution is -2.48. The van der Waals surface area contributed by atoms with Gasteiger partial charge in [0.15, 0.2) is 17.5 Å². The van der Waals surface area contributed by atoms with Crippen LogP contribution in [0.25, 0.3) is 55.7 Å². The number of hydrogen-bond donors (Lipinski definition) is 0. The van der Waals surface area contributed by atoms with Gasteiger partial charge in [0, 0.05) is 39.9 Å². The normalized spacial score (nSPS) is 23.7. The first-order chi connectivity index (χ1) is 21.6. The minimum Gasteiger partial charge on any atom is -0.264 e. The van der Waals surface area contributed by atoms with Gasteiger partial charge >= 0.3 is 0 Å². The van der Waals surface area contributed by atoms with Crippen LogP contribution < -0.4 is 0 Å². The lowest BCUT2D eigenvalue weighted by atomic mass is 9.48. The largest absolute Gasteiger partial charge is 0.264 e. The van der Waals surface area contributed by atoms with E-state index in [4.69, 9.17) is 15.0 Å². The average molecular weight is 570 g/mol. The first-order valence-electron chi connectivity index (χ1n) is 15.8. The highest BCUT2D eigenvalue weighted by Gasteiger charge is 2.51. The number of aromatic nitrogens is 4. The van der Waals surface area contributed by atoms with E-state index in [2.05, 4.69) is 53.5 Å². The fraction of sp³-hybridized carbons (Fsp3) is 0.256. The smallest absolute Gasteiger partial charge is 0.164 e. The third-order valence-electron chi connectivity index (χ3n) is 10.6. The van der Waals surface area contributed by atoms with Crippen molar-refractivity contribution >= 4 is 21.5 Å². The molecule has 0 aliphatic heterocycles. The van der Waals surface area contributed by atoms with Gasteiger partial charge in [0.05, 0.1) is 11.6 Å². The van der Waals surface area contributed by atoms with Crippen LogP contribution in [0.2, 0.25) is 0 Å². The van der Waals surface area contributed by atoms with Crippen LogP contribution in [0.1, 0.15) is 49.7 Å². The minimum absolute atomic E-state index is 0.351. The standard InChI is InChI=1S/C39H31N5/c40-22-30-9-12-35(34-4-2-1-3-33(30)34)38-43-36(42-37(44-38)29-5-6-31-23-41-14-13-28(31)18-29)27-7-10-32(11-8-27)39-19-24-15-25(20-39)17-26(16-24)21-39/h1-14,18,23-26H,15-17,19-21H2/t24-,25+,26-,39?. The molecular formula is C39H31N5. The number of hydrogen-bond acceptors (Lipinski definition) is 5. The van der Waals surface area contributed by atoms with Crippen LogP contribution in [0.4, 0.5) is 0 Å². The zero-order valence-corrected chi connectivity index (χ0v) is 24.4.